The second-order valence-corrected chi connectivity index (χ2v) is 8.61. The minimum Gasteiger partial charge on any atom is -0.379 e. The van der Waals surface area contributed by atoms with E-state index >= 15 is 0 Å². The zero-order valence-corrected chi connectivity index (χ0v) is 16.7. The standard InChI is InChI=1S/C17H26ClN3O4S/c1-14(17(22)19-8-3-9-20-10-12-25-13-11-20)21(26(2,23)24)16-6-4-15(18)5-7-16/h4-7,14H,3,8-13H2,1-2H3,(H,19,22). The number of anilines is 1. The van der Waals surface area contributed by atoms with Crippen LogP contribution in [0.2, 0.25) is 5.02 Å². The summed E-state index contributed by atoms with van der Waals surface area (Å²) in [5, 5.41) is 3.33. The average Bonchev–Trinajstić information content (AvgIpc) is 2.60. The van der Waals surface area contributed by atoms with Gasteiger partial charge in [-0.05, 0) is 44.2 Å². The predicted molar refractivity (Wildman–Crippen MR) is 103 cm³/mol. The molecule has 1 N–H and O–H groups in total. The first-order valence-electron chi connectivity index (χ1n) is 8.62. The fourth-order valence-corrected chi connectivity index (χ4v) is 4.18. The predicted octanol–water partition coefficient (Wildman–Crippen LogP) is 1.33. The van der Waals surface area contributed by atoms with Crippen LogP contribution >= 0.6 is 11.6 Å². The molecule has 1 amide bonds. The molecule has 9 heteroatoms. The van der Waals surface area contributed by atoms with Gasteiger partial charge in [0.1, 0.15) is 6.04 Å². The molecule has 0 bridgehead atoms. The molecule has 26 heavy (non-hydrogen) atoms. The van der Waals surface area contributed by atoms with Gasteiger partial charge in [-0.15, -0.1) is 0 Å². The summed E-state index contributed by atoms with van der Waals surface area (Å²) in [4.78, 5) is 14.7. The molecule has 1 fully saturated rings. The summed E-state index contributed by atoms with van der Waals surface area (Å²) in [6.45, 7) is 6.25. The molecule has 1 aromatic rings. The van der Waals surface area contributed by atoms with E-state index < -0.39 is 16.1 Å². The lowest BCUT2D eigenvalue weighted by Crippen LogP contribution is -2.48. The van der Waals surface area contributed by atoms with Crippen LogP contribution in [-0.4, -0.2) is 70.9 Å². The number of ether oxygens (including phenoxy) is 1. The largest absolute Gasteiger partial charge is 0.379 e. The summed E-state index contributed by atoms with van der Waals surface area (Å²) in [6, 6.07) is 5.52. The fourth-order valence-electron chi connectivity index (χ4n) is 2.88. The van der Waals surface area contributed by atoms with E-state index in [9.17, 15) is 13.2 Å². The Bertz CT molecular complexity index is 690. The summed E-state index contributed by atoms with van der Waals surface area (Å²) in [6.07, 6.45) is 1.89. The Labute approximate surface area is 160 Å². The number of nitrogens with one attached hydrogen (secondary N) is 1. The van der Waals surface area contributed by atoms with E-state index in [0.29, 0.717) is 17.3 Å². The van der Waals surface area contributed by atoms with Crippen LogP contribution in [0, 0.1) is 0 Å². The van der Waals surface area contributed by atoms with Gasteiger partial charge in [0.25, 0.3) is 0 Å². The number of carbonyl (C=O) groups excluding carboxylic acids is 1. The number of benzene rings is 1. The minimum absolute atomic E-state index is 0.327. The molecule has 7 nitrogen and oxygen atoms in total. The van der Waals surface area contributed by atoms with Gasteiger partial charge in [0, 0.05) is 24.7 Å². The van der Waals surface area contributed by atoms with Gasteiger partial charge in [-0.25, -0.2) is 8.42 Å². The van der Waals surface area contributed by atoms with E-state index in [1.54, 1.807) is 31.2 Å². The highest BCUT2D eigenvalue weighted by Crippen LogP contribution is 2.22. The molecule has 1 aliphatic rings. The highest BCUT2D eigenvalue weighted by molar-refractivity contribution is 7.92. The van der Waals surface area contributed by atoms with Crippen LogP contribution in [0.1, 0.15) is 13.3 Å². The quantitative estimate of drug-likeness (QED) is 0.662. The van der Waals surface area contributed by atoms with Crippen molar-refractivity contribution >= 4 is 33.2 Å². The van der Waals surface area contributed by atoms with Crippen molar-refractivity contribution < 1.29 is 17.9 Å². The lowest BCUT2D eigenvalue weighted by atomic mass is 10.2. The van der Waals surface area contributed by atoms with Gasteiger partial charge in [-0.1, -0.05) is 11.6 Å². The molecule has 0 radical (unpaired) electrons. The number of sulfonamides is 1. The van der Waals surface area contributed by atoms with Gasteiger partial charge in [0.2, 0.25) is 15.9 Å². The molecule has 1 heterocycles. The number of carbonyl (C=O) groups is 1. The van der Waals surface area contributed by atoms with E-state index in [1.165, 1.54) is 0 Å². The van der Waals surface area contributed by atoms with Crippen LogP contribution in [0.25, 0.3) is 0 Å². The van der Waals surface area contributed by atoms with E-state index in [0.717, 1.165) is 49.8 Å². The summed E-state index contributed by atoms with van der Waals surface area (Å²) >= 11 is 5.86. The van der Waals surface area contributed by atoms with Gasteiger partial charge < -0.3 is 10.1 Å². The van der Waals surface area contributed by atoms with Crippen molar-refractivity contribution in [1.82, 2.24) is 10.2 Å². The molecule has 1 saturated heterocycles. The molecule has 1 atom stereocenters. The maximum absolute atomic E-state index is 12.4. The Morgan fingerprint density at radius 1 is 1.31 bits per heavy atom. The molecular formula is C17H26ClN3O4S. The third-order valence-corrected chi connectivity index (χ3v) is 5.72. The smallest absolute Gasteiger partial charge is 0.243 e. The van der Waals surface area contributed by atoms with Crippen molar-refractivity contribution in [3.05, 3.63) is 29.3 Å². The summed E-state index contributed by atoms with van der Waals surface area (Å²) < 4.78 is 30.8. The summed E-state index contributed by atoms with van der Waals surface area (Å²) in [5.74, 6) is -0.327. The number of morpholine rings is 1. The zero-order valence-electron chi connectivity index (χ0n) is 15.2. The maximum Gasteiger partial charge on any atom is 0.243 e. The second kappa shape index (κ2) is 9.55. The number of hydrogen-bond donors (Lipinski definition) is 1. The molecule has 146 valence electrons. The molecule has 1 unspecified atom stereocenters. The lowest BCUT2D eigenvalue weighted by molar-refractivity contribution is -0.121. The molecular weight excluding hydrogens is 378 g/mol. The molecule has 0 aromatic heterocycles. The van der Waals surface area contributed by atoms with E-state index in [2.05, 4.69) is 10.2 Å². The number of amides is 1. The maximum atomic E-state index is 12.4. The normalized spacial score (nSPS) is 16.9. The van der Waals surface area contributed by atoms with Gasteiger partial charge in [-0.3, -0.25) is 14.0 Å². The van der Waals surface area contributed by atoms with Gasteiger partial charge in [-0.2, -0.15) is 0 Å². The zero-order chi connectivity index (χ0) is 19.2. The van der Waals surface area contributed by atoms with Crippen molar-refractivity contribution in [3.63, 3.8) is 0 Å². The highest BCUT2D eigenvalue weighted by Gasteiger charge is 2.28. The molecule has 1 aliphatic heterocycles. The third-order valence-electron chi connectivity index (χ3n) is 4.22. The first-order valence-corrected chi connectivity index (χ1v) is 10.8. The summed E-state index contributed by atoms with van der Waals surface area (Å²) in [7, 11) is -3.62. The molecule has 0 aliphatic carbocycles. The van der Waals surface area contributed by atoms with Crippen LogP contribution in [0.4, 0.5) is 5.69 Å². The van der Waals surface area contributed by atoms with Gasteiger partial charge >= 0.3 is 0 Å². The van der Waals surface area contributed by atoms with Crippen molar-refractivity contribution in [3.8, 4) is 0 Å². The number of halogens is 1. The van der Waals surface area contributed by atoms with E-state index in [-0.39, 0.29) is 5.91 Å². The fraction of sp³-hybridized carbons (Fsp3) is 0.588. The van der Waals surface area contributed by atoms with Crippen LogP contribution in [-0.2, 0) is 19.6 Å². The molecule has 0 saturated carbocycles. The summed E-state index contributed by atoms with van der Waals surface area (Å²) in [5.41, 5.74) is 0.410. The molecule has 2 rings (SSSR count). The Morgan fingerprint density at radius 2 is 1.92 bits per heavy atom. The molecule has 1 aromatic carbocycles. The van der Waals surface area contributed by atoms with E-state index in [4.69, 9.17) is 16.3 Å². The molecule has 0 spiro atoms. The van der Waals surface area contributed by atoms with Crippen LogP contribution in [0.15, 0.2) is 24.3 Å². The van der Waals surface area contributed by atoms with E-state index in [1.807, 2.05) is 0 Å². The number of hydrogen-bond acceptors (Lipinski definition) is 5. The first-order chi connectivity index (χ1) is 12.3. The van der Waals surface area contributed by atoms with Crippen LogP contribution < -0.4 is 9.62 Å². The van der Waals surface area contributed by atoms with Crippen molar-refractivity contribution in [2.24, 2.45) is 0 Å². The SMILES string of the molecule is CC(C(=O)NCCCN1CCOCC1)N(c1ccc(Cl)cc1)S(C)(=O)=O. The monoisotopic (exact) mass is 403 g/mol. The number of rotatable bonds is 8. The van der Waals surface area contributed by atoms with Gasteiger partial charge in [0.15, 0.2) is 0 Å². The van der Waals surface area contributed by atoms with Crippen molar-refractivity contribution in [2.45, 2.75) is 19.4 Å². The van der Waals surface area contributed by atoms with Crippen LogP contribution in [0.3, 0.4) is 0 Å². The Balaban J connectivity index is 1.91. The third kappa shape index (κ3) is 6.12. The second-order valence-electron chi connectivity index (χ2n) is 6.31. The van der Waals surface area contributed by atoms with Crippen molar-refractivity contribution in [2.75, 3.05) is 50.0 Å². The Hall–Kier alpha value is -1.35. The lowest BCUT2D eigenvalue weighted by Gasteiger charge is -2.29. The minimum atomic E-state index is -3.62. The first kappa shape index (κ1) is 21.0. The average molecular weight is 404 g/mol. The number of nitrogens with zero attached hydrogens (tertiary/aromatic N) is 2. The van der Waals surface area contributed by atoms with Crippen LogP contribution in [0.5, 0.6) is 0 Å². The highest BCUT2D eigenvalue weighted by atomic mass is 35.5. The topological polar surface area (TPSA) is 79.0 Å². The van der Waals surface area contributed by atoms with Crippen molar-refractivity contribution in [1.29, 1.82) is 0 Å². The Kier molecular flexibility index (Phi) is 7.69. The Morgan fingerprint density at radius 3 is 2.50 bits per heavy atom. The van der Waals surface area contributed by atoms with Gasteiger partial charge in [0.05, 0.1) is 25.2 Å².